The van der Waals surface area contributed by atoms with Gasteiger partial charge in [-0.15, -0.1) is 0 Å². The maximum absolute atomic E-state index is 12.3. The van der Waals surface area contributed by atoms with Gasteiger partial charge in [0, 0.05) is 6.54 Å². The molecular formula is C21H27N3O4. The zero-order valence-electron chi connectivity index (χ0n) is 15.9. The van der Waals surface area contributed by atoms with Crippen molar-refractivity contribution in [3.8, 4) is 11.5 Å². The molecule has 1 fully saturated rings. The number of carbonyl (C=O) groups is 1. The second-order valence-electron chi connectivity index (χ2n) is 7.22. The molecule has 0 spiro atoms. The largest absolute Gasteiger partial charge is 0.486 e. The zero-order valence-corrected chi connectivity index (χ0v) is 15.9. The Kier molecular flexibility index (Phi) is 6.01. The van der Waals surface area contributed by atoms with Crippen LogP contribution >= 0.6 is 0 Å². The molecule has 0 radical (unpaired) electrons. The van der Waals surface area contributed by atoms with E-state index >= 15 is 0 Å². The summed E-state index contributed by atoms with van der Waals surface area (Å²) in [5.41, 5.74) is 0. The molecule has 0 saturated carbocycles. The molecule has 0 aliphatic carbocycles. The van der Waals surface area contributed by atoms with Gasteiger partial charge in [-0.05, 0) is 50.2 Å². The van der Waals surface area contributed by atoms with Crippen LogP contribution in [0.5, 0.6) is 11.5 Å². The normalized spacial score (nSPS) is 20.4. The summed E-state index contributed by atoms with van der Waals surface area (Å²) in [7, 11) is 0. The van der Waals surface area contributed by atoms with Gasteiger partial charge in [0.1, 0.15) is 12.4 Å². The van der Waals surface area contributed by atoms with Crippen LogP contribution in [0.15, 0.2) is 47.1 Å². The van der Waals surface area contributed by atoms with Gasteiger partial charge in [-0.2, -0.15) is 0 Å². The van der Waals surface area contributed by atoms with Crippen molar-refractivity contribution in [3.63, 3.8) is 0 Å². The van der Waals surface area contributed by atoms with Crippen LogP contribution in [0.25, 0.3) is 0 Å². The number of nitrogens with one attached hydrogen (secondary N) is 2. The number of nitrogens with zero attached hydrogens (tertiary/aromatic N) is 1. The van der Waals surface area contributed by atoms with Gasteiger partial charge in [0.05, 0.1) is 18.8 Å². The molecule has 2 aromatic rings. The Morgan fingerprint density at radius 3 is 2.68 bits per heavy atom. The molecule has 1 aromatic heterocycles. The summed E-state index contributed by atoms with van der Waals surface area (Å²) >= 11 is 0. The van der Waals surface area contributed by atoms with Crippen LogP contribution in [0.2, 0.25) is 0 Å². The first-order valence-corrected chi connectivity index (χ1v) is 9.97. The third-order valence-electron chi connectivity index (χ3n) is 5.22. The smallest absolute Gasteiger partial charge is 0.314 e. The Hall–Kier alpha value is -2.67. The maximum atomic E-state index is 12.3. The predicted molar refractivity (Wildman–Crippen MR) is 105 cm³/mol. The van der Waals surface area contributed by atoms with E-state index < -0.39 is 0 Å². The molecule has 2 aliphatic rings. The van der Waals surface area contributed by atoms with Gasteiger partial charge in [-0.25, -0.2) is 4.79 Å². The number of carbonyl (C=O) groups excluding carboxylic acids is 1. The van der Waals surface area contributed by atoms with Crippen molar-refractivity contribution in [1.29, 1.82) is 0 Å². The number of fused-ring (bicyclic) bond motifs is 1. The highest BCUT2D eigenvalue weighted by Gasteiger charge is 2.25. The van der Waals surface area contributed by atoms with Gasteiger partial charge in [-0.1, -0.05) is 18.6 Å². The summed E-state index contributed by atoms with van der Waals surface area (Å²) in [5.74, 6) is 2.35. The number of amides is 2. The molecule has 3 heterocycles. The van der Waals surface area contributed by atoms with Crippen molar-refractivity contribution >= 4 is 6.03 Å². The highest BCUT2D eigenvalue weighted by Crippen LogP contribution is 2.30. The van der Waals surface area contributed by atoms with Gasteiger partial charge in [0.2, 0.25) is 0 Å². The van der Waals surface area contributed by atoms with Crippen LogP contribution in [0.1, 0.15) is 31.1 Å². The fourth-order valence-electron chi connectivity index (χ4n) is 3.74. The van der Waals surface area contributed by atoms with Crippen LogP contribution in [0.3, 0.4) is 0 Å². The minimum atomic E-state index is -0.212. The Morgan fingerprint density at radius 2 is 1.89 bits per heavy atom. The average molecular weight is 385 g/mol. The Morgan fingerprint density at radius 1 is 1.07 bits per heavy atom. The van der Waals surface area contributed by atoms with Gasteiger partial charge in [0.15, 0.2) is 17.6 Å². The molecule has 2 amide bonds. The Labute approximate surface area is 165 Å². The van der Waals surface area contributed by atoms with Crippen molar-refractivity contribution < 1.29 is 18.7 Å². The number of rotatable bonds is 6. The van der Waals surface area contributed by atoms with E-state index in [0.717, 1.165) is 24.6 Å². The fourth-order valence-corrected chi connectivity index (χ4v) is 3.74. The van der Waals surface area contributed by atoms with E-state index in [1.807, 2.05) is 36.4 Å². The quantitative estimate of drug-likeness (QED) is 0.800. The topological polar surface area (TPSA) is 76.0 Å². The lowest BCUT2D eigenvalue weighted by Gasteiger charge is -2.33. The van der Waals surface area contributed by atoms with Crippen molar-refractivity contribution in [2.75, 3.05) is 32.8 Å². The molecule has 2 unspecified atom stereocenters. The van der Waals surface area contributed by atoms with E-state index in [9.17, 15) is 4.79 Å². The fraction of sp³-hybridized carbons (Fsp3) is 0.476. The first kappa shape index (κ1) is 18.7. The summed E-state index contributed by atoms with van der Waals surface area (Å²) in [6, 6.07) is 11.3. The molecule has 28 heavy (non-hydrogen) atoms. The molecule has 7 heteroatoms. The SMILES string of the molecule is O=C(NCC1COc2ccccc2O1)NCC(c1ccco1)N1CCCCC1. The minimum absolute atomic E-state index is 0.0576. The van der Waals surface area contributed by atoms with Gasteiger partial charge in [-0.3, -0.25) is 4.90 Å². The van der Waals surface area contributed by atoms with Crippen LogP contribution in [-0.2, 0) is 0 Å². The van der Waals surface area contributed by atoms with E-state index in [2.05, 4.69) is 15.5 Å². The number of hydrogen-bond donors (Lipinski definition) is 2. The van der Waals surface area contributed by atoms with E-state index in [-0.39, 0.29) is 18.2 Å². The highest BCUT2D eigenvalue weighted by atomic mass is 16.6. The molecule has 2 atom stereocenters. The second-order valence-corrected chi connectivity index (χ2v) is 7.22. The summed E-state index contributed by atoms with van der Waals surface area (Å²) in [4.78, 5) is 14.7. The van der Waals surface area contributed by atoms with Gasteiger partial charge >= 0.3 is 6.03 Å². The highest BCUT2D eigenvalue weighted by molar-refractivity contribution is 5.73. The van der Waals surface area contributed by atoms with E-state index in [0.29, 0.717) is 25.4 Å². The van der Waals surface area contributed by atoms with Crippen LogP contribution in [0, 0.1) is 0 Å². The summed E-state index contributed by atoms with van der Waals surface area (Å²) in [5, 5.41) is 5.86. The lowest BCUT2D eigenvalue weighted by atomic mass is 10.1. The number of piperidine rings is 1. The summed E-state index contributed by atoms with van der Waals surface area (Å²) in [6.07, 6.45) is 5.11. The average Bonchev–Trinajstić information content (AvgIpc) is 3.27. The number of benzene rings is 1. The zero-order chi connectivity index (χ0) is 19.2. The van der Waals surface area contributed by atoms with Crippen molar-refractivity contribution in [1.82, 2.24) is 15.5 Å². The van der Waals surface area contributed by atoms with Crippen molar-refractivity contribution in [2.24, 2.45) is 0 Å². The maximum Gasteiger partial charge on any atom is 0.314 e. The monoisotopic (exact) mass is 385 g/mol. The molecule has 4 rings (SSSR count). The summed E-state index contributed by atoms with van der Waals surface area (Å²) < 4.78 is 17.2. The molecule has 7 nitrogen and oxygen atoms in total. The molecule has 2 aliphatic heterocycles. The second kappa shape index (κ2) is 9.01. The third kappa shape index (κ3) is 4.59. The number of likely N-dealkylation sites (tertiary alicyclic amines) is 1. The number of urea groups is 1. The lowest BCUT2D eigenvalue weighted by Crippen LogP contribution is -2.47. The number of hydrogen-bond acceptors (Lipinski definition) is 5. The summed E-state index contributed by atoms with van der Waals surface area (Å²) in [6.45, 7) is 3.36. The third-order valence-corrected chi connectivity index (χ3v) is 5.22. The Bertz CT molecular complexity index is 759. The standard InChI is InChI=1S/C21H27N3O4/c25-21(22-13-16-15-27-19-7-2-3-8-20(19)28-16)23-14-17(18-9-6-12-26-18)24-10-4-1-5-11-24/h2-3,6-9,12,16-17H,1,4-5,10-11,13-15H2,(H2,22,23,25). The van der Waals surface area contributed by atoms with E-state index in [1.54, 1.807) is 6.26 Å². The molecular weight excluding hydrogens is 358 g/mol. The number of para-hydroxylation sites is 2. The van der Waals surface area contributed by atoms with Crippen LogP contribution < -0.4 is 20.1 Å². The number of ether oxygens (including phenoxy) is 2. The first-order valence-electron chi connectivity index (χ1n) is 9.97. The predicted octanol–water partition coefficient (Wildman–Crippen LogP) is 2.95. The van der Waals surface area contributed by atoms with E-state index in [4.69, 9.17) is 13.9 Å². The van der Waals surface area contributed by atoms with Crippen LogP contribution in [0.4, 0.5) is 4.79 Å². The van der Waals surface area contributed by atoms with Crippen molar-refractivity contribution in [3.05, 3.63) is 48.4 Å². The minimum Gasteiger partial charge on any atom is -0.486 e. The van der Waals surface area contributed by atoms with Gasteiger partial charge in [0.25, 0.3) is 0 Å². The van der Waals surface area contributed by atoms with Gasteiger partial charge < -0.3 is 24.5 Å². The molecule has 2 N–H and O–H groups in total. The van der Waals surface area contributed by atoms with Crippen molar-refractivity contribution in [2.45, 2.75) is 31.4 Å². The number of furan rings is 1. The molecule has 1 aromatic carbocycles. The van der Waals surface area contributed by atoms with E-state index in [1.165, 1.54) is 19.3 Å². The van der Waals surface area contributed by atoms with Crippen LogP contribution in [-0.4, -0.2) is 49.8 Å². The molecule has 150 valence electrons. The Balaban J connectivity index is 1.26. The molecule has 1 saturated heterocycles. The lowest BCUT2D eigenvalue weighted by molar-refractivity contribution is 0.0915. The first-order chi connectivity index (χ1) is 13.8. The molecule has 0 bridgehead atoms.